The zero-order valence-electron chi connectivity index (χ0n) is 10.4. The van der Waals surface area contributed by atoms with Crippen LogP contribution in [-0.4, -0.2) is 41.1 Å². The number of aliphatic carboxylic acids is 1. The lowest BCUT2D eigenvalue weighted by molar-refractivity contribution is -0.140. The van der Waals surface area contributed by atoms with E-state index >= 15 is 0 Å². The average Bonchev–Trinajstić information content (AvgIpc) is 2.93. The lowest BCUT2D eigenvalue weighted by atomic mass is 10.3. The van der Waals surface area contributed by atoms with Gasteiger partial charge in [0.05, 0.1) is 5.69 Å². The molecule has 0 fully saturated rings. The highest BCUT2D eigenvalue weighted by Gasteiger charge is 2.22. The number of hydrogen-bond donors (Lipinski definition) is 1. The van der Waals surface area contributed by atoms with Crippen LogP contribution < -0.4 is 0 Å². The molecule has 1 N–H and O–H groups in total. The summed E-state index contributed by atoms with van der Waals surface area (Å²) in [6, 6.07) is 1.01. The van der Waals surface area contributed by atoms with Crippen LogP contribution in [0, 0.1) is 6.92 Å². The van der Waals surface area contributed by atoms with E-state index in [2.05, 4.69) is 20.6 Å². The van der Waals surface area contributed by atoms with Gasteiger partial charge in [0.15, 0.2) is 6.04 Å². The Morgan fingerprint density at radius 1 is 1.56 bits per heavy atom. The topological polar surface area (TPSA) is 98.7 Å². The third-order valence-corrected chi connectivity index (χ3v) is 2.65. The summed E-state index contributed by atoms with van der Waals surface area (Å²) in [6.45, 7) is 6.01. The van der Waals surface area contributed by atoms with Crippen LogP contribution in [-0.2, 0) is 11.3 Å². The van der Waals surface area contributed by atoms with Crippen LogP contribution in [0.2, 0.25) is 0 Å². The summed E-state index contributed by atoms with van der Waals surface area (Å²) in [6.07, 6.45) is 0. The van der Waals surface area contributed by atoms with Gasteiger partial charge in [-0.3, -0.25) is 4.68 Å². The van der Waals surface area contributed by atoms with E-state index in [0.717, 1.165) is 5.69 Å². The normalized spacial score (nSPS) is 12.6. The first-order valence-electron chi connectivity index (χ1n) is 5.60. The molecule has 0 aliphatic carbocycles. The summed E-state index contributed by atoms with van der Waals surface area (Å²) in [5.74, 6) is -0.574. The smallest absolute Gasteiger partial charge is 0.328 e. The van der Waals surface area contributed by atoms with E-state index in [0.29, 0.717) is 18.1 Å². The van der Waals surface area contributed by atoms with Gasteiger partial charge in [0, 0.05) is 6.54 Å². The minimum absolute atomic E-state index is 0.410. The average molecular weight is 250 g/mol. The fourth-order valence-electron chi connectivity index (χ4n) is 1.69. The third-order valence-electron chi connectivity index (χ3n) is 2.65. The lowest BCUT2D eigenvalue weighted by Gasteiger charge is -2.09. The first kappa shape index (κ1) is 12.2. The Bertz CT molecular complexity index is 573. The number of rotatable bonds is 4. The molecule has 2 rings (SSSR count). The number of carbonyl (C=O) groups is 1. The Balaban J connectivity index is 2.51. The lowest BCUT2D eigenvalue weighted by Crippen LogP contribution is -2.18. The first-order chi connectivity index (χ1) is 8.54. The van der Waals surface area contributed by atoms with Crippen molar-refractivity contribution in [3.05, 3.63) is 11.8 Å². The fraction of sp³-hybridized carbons (Fsp3) is 0.500. The second-order valence-electron chi connectivity index (χ2n) is 3.95. The van der Waals surface area contributed by atoms with Gasteiger partial charge in [-0.25, -0.2) is 9.48 Å². The number of aromatic nitrogens is 6. The van der Waals surface area contributed by atoms with Crippen molar-refractivity contribution in [2.75, 3.05) is 0 Å². The van der Waals surface area contributed by atoms with E-state index in [4.69, 9.17) is 5.11 Å². The van der Waals surface area contributed by atoms with Gasteiger partial charge in [0.1, 0.15) is 5.69 Å². The maximum absolute atomic E-state index is 11.0. The second-order valence-corrected chi connectivity index (χ2v) is 3.95. The fourth-order valence-corrected chi connectivity index (χ4v) is 1.69. The van der Waals surface area contributed by atoms with Crippen LogP contribution in [0.5, 0.6) is 0 Å². The van der Waals surface area contributed by atoms with Crippen molar-refractivity contribution in [2.24, 2.45) is 0 Å². The van der Waals surface area contributed by atoms with Crippen molar-refractivity contribution in [1.82, 2.24) is 30.0 Å². The van der Waals surface area contributed by atoms with Crippen molar-refractivity contribution < 1.29 is 9.90 Å². The molecule has 2 aromatic heterocycles. The summed E-state index contributed by atoms with van der Waals surface area (Å²) in [4.78, 5) is 11.0. The molecule has 8 nitrogen and oxygen atoms in total. The number of nitrogens with zero attached hydrogens (tertiary/aromatic N) is 6. The van der Waals surface area contributed by atoms with E-state index in [9.17, 15) is 4.79 Å². The van der Waals surface area contributed by atoms with Crippen LogP contribution in [0.15, 0.2) is 6.07 Å². The Morgan fingerprint density at radius 3 is 2.89 bits per heavy atom. The van der Waals surface area contributed by atoms with E-state index in [1.165, 1.54) is 11.6 Å². The van der Waals surface area contributed by atoms with Gasteiger partial charge in [-0.1, -0.05) is 0 Å². The van der Waals surface area contributed by atoms with Gasteiger partial charge in [-0.05, 0) is 37.3 Å². The molecule has 0 bridgehead atoms. The van der Waals surface area contributed by atoms with Crippen molar-refractivity contribution in [2.45, 2.75) is 33.4 Å². The molecule has 0 saturated carbocycles. The molecule has 0 spiro atoms. The van der Waals surface area contributed by atoms with Gasteiger partial charge in [-0.2, -0.15) is 5.10 Å². The maximum Gasteiger partial charge on any atom is 0.328 e. The molecule has 18 heavy (non-hydrogen) atoms. The summed E-state index contributed by atoms with van der Waals surface area (Å²) in [5.41, 5.74) is 1.55. The molecule has 0 amide bonds. The quantitative estimate of drug-likeness (QED) is 0.848. The number of hydrogen-bond acceptors (Lipinski definition) is 5. The number of carboxylic acids is 1. The Hall–Kier alpha value is -2.25. The molecule has 2 aromatic rings. The van der Waals surface area contributed by atoms with Gasteiger partial charge in [0.25, 0.3) is 0 Å². The number of carboxylic acid groups (broad SMARTS) is 1. The molecule has 0 radical (unpaired) electrons. The zero-order valence-corrected chi connectivity index (χ0v) is 10.4. The predicted molar refractivity (Wildman–Crippen MR) is 61.8 cm³/mol. The monoisotopic (exact) mass is 250 g/mol. The van der Waals surface area contributed by atoms with E-state index in [-0.39, 0.29) is 0 Å². The summed E-state index contributed by atoms with van der Waals surface area (Å²) < 4.78 is 3.02. The van der Waals surface area contributed by atoms with Gasteiger partial charge in [-0.15, -0.1) is 5.10 Å². The van der Waals surface area contributed by atoms with E-state index in [1.807, 2.05) is 19.9 Å². The van der Waals surface area contributed by atoms with Crippen LogP contribution >= 0.6 is 0 Å². The van der Waals surface area contributed by atoms with E-state index < -0.39 is 12.0 Å². The highest BCUT2D eigenvalue weighted by Crippen LogP contribution is 2.20. The zero-order chi connectivity index (χ0) is 13.3. The SMILES string of the molecule is CCn1nc(C)cc1-c1nnnn1C(C)C(=O)O. The van der Waals surface area contributed by atoms with Gasteiger partial charge < -0.3 is 5.11 Å². The molecular weight excluding hydrogens is 236 g/mol. The molecule has 96 valence electrons. The molecule has 0 aromatic carbocycles. The van der Waals surface area contributed by atoms with Crippen LogP contribution in [0.1, 0.15) is 25.6 Å². The Morgan fingerprint density at radius 2 is 2.28 bits per heavy atom. The van der Waals surface area contributed by atoms with Gasteiger partial charge in [0.2, 0.25) is 5.82 Å². The van der Waals surface area contributed by atoms with Crippen LogP contribution in [0.25, 0.3) is 11.5 Å². The highest BCUT2D eigenvalue weighted by atomic mass is 16.4. The minimum atomic E-state index is -0.983. The van der Waals surface area contributed by atoms with Crippen molar-refractivity contribution in [3.63, 3.8) is 0 Å². The summed E-state index contributed by atoms with van der Waals surface area (Å²) in [5, 5.41) is 24.5. The highest BCUT2D eigenvalue weighted by molar-refractivity contribution is 5.72. The molecule has 0 aliphatic rings. The second kappa shape index (κ2) is 4.55. The molecule has 8 heteroatoms. The molecular formula is C10H14N6O2. The first-order valence-corrected chi connectivity index (χ1v) is 5.60. The van der Waals surface area contributed by atoms with Gasteiger partial charge >= 0.3 is 5.97 Å². The number of aryl methyl sites for hydroxylation is 2. The van der Waals surface area contributed by atoms with E-state index in [1.54, 1.807) is 4.68 Å². The third kappa shape index (κ3) is 1.96. The van der Waals surface area contributed by atoms with Crippen molar-refractivity contribution in [1.29, 1.82) is 0 Å². The Kier molecular flexibility index (Phi) is 3.09. The Labute approximate surface area is 103 Å². The summed E-state index contributed by atoms with van der Waals surface area (Å²) >= 11 is 0. The van der Waals surface area contributed by atoms with Crippen LogP contribution in [0.3, 0.4) is 0 Å². The number of tetrazole rings is 1. The predicted octanol–water partition coefficient (Wildman–Crippen LogP) is 0.511. The minimum Gasteiger partial charge on any atom is -0.480 e. The van der Waals surface area contributed by atoms with Crippen molar-refractivity contribution in [3.8, 4) is 11.5 Å². The summed E-state index contributed by atoms with van der Waals surface area (Å²) in [7, 11) is 0. The molecule has 1 atom stereocenters. The molecule has 1 unspecified atom stereocenters. The van der Waals surface area contributed by atoms with Crippen LogP contribution in [0.4, 0.5) is 0 Å². The molecule has 2 heterocycles. The van der Waals surface area contributed by atoms with Crippen molar-refractivity contribution >= 4 is 5.97 Å². The maximum atomic E-state index is 11.0. The molecule has 0 saturated heterocycles. The standard InChI is InChI=1S/C10H14N6O2/c1-4-15-8(5-6(2)12-15)9-11-13-14-16(9)7(3)10(17)18/h5,7H,4H2,1-3H3,(H,17,18). The molecule has 0 aliphatic heterocycles. The largest absolute Gasteiger partial charge is 0.480 e.